The molecule has 2 aliphatic rings. The summed E-state index contributed by atoms with van der Waals surface area (Å²) in [7, 11) is -9.42. The van der Waals surface area contributed by atoms with Crippen LogP contribution in [-0.4, -0.2) is 49.3 Å². The molecule has 6 rings (SSSR count). The molecule has 0 atom stereocenters. The predicted octanol–water partition coefficient (Wildman–Crippen LogP) is 3.78. The Morgan fingerprint density at radius 2 is 0.886 bits per heavy atom. The zero-order valence-corrected chi connectivity index (χ0v) is 23.7. The number of rotatable bonds is 4. The van der Waals surface area contributed by atoms with Crippen LogP contribution in [0.5, 0.6) is 0 Å². The highest BCUT2D eigenvalue weighted by atomic mass is 32.2. The zero-order valence-electron chi connectivity index (χ0n) is 22.1. The molecule has 2 aliphatic heterocycles. The number of carbonyl (C=O) groups excluding carboxylic acids is 4. The zero-order chi connectivity index (χ0) is 31.6. The smallest absolute Gasteiger partial charge is 0.287 e. The lowest BCUT2D eigenvalue weighted by molar-refractivity contribution is 0.0953. The summed E-state index contributed by atoms with van der Waals surface area (Å²) < 4.78 is 66.2. The fourth-order valence-corrected chi connectivity index (χ4v) is 6.16. The van der Waals surface area contributed by atoms with Crippen LogP contribution in [0.4, 0.5) is 11.4 Å². The average Bonchev–Trinajstić information content (AvgIpc) is 3.46. The van der Waals surface area contributed by atoms with Crippen LogP contribution < -0.4 is 9.80 Å². The molecule has 2 amide bonds. The van der Waals surface area contributed by atoms with Crippen LogP contribution in [0.1, 0.15) is 41.4 Å². The summed E-state index contributed by atoms with van der Waals surface area (Å²) >= 11 is 0. The topological polar surface area (TPSA) is 183 Å². The Morgan fingerprint density at radius 3 is 1.25 bits per heavy atom. The Kier molecular flexibility index (Phi) is 6.66. The first-order chi connectivity index (χ1) is 20.8. The van der Waals surface area contributed by atoms with Gasteiger partial charge in [0.05, 0.1) is 21.2 Å². The van der Waals surface area contributed by atoms with Gasteiger partial charge in [0, 0.05) is 22.3 Å². The summed E-state index contributed by atoms with van der Waals surface area (Å²) in [5.74, 6) is -3.47. The summed E-state index contributed by atoms with van der Waals surface area (Å²) in [4.78, 5) is 56.6. The van der Waals surface area contributed by atoms with Gasteiger partial charge in [0.2, 0.25) is 11.6 Å². The van der Waals surface area contributed by atoms with Crippen molar-refractivity contribution >= 4 is 55.0 Å². The van der Waals surface area contributed by atoms with Gasteiger partial charge in [0.1, 0.15) is 11.4 Å². The molecule has 2 N–H and O–H groups in total. The molecule has 0 saturated heterocycles. The second kappa shape index (κ2) is 10.2. The molecule has 2 heterocycles. The van der Waals surface area contributed by atoms with Crippen LogP contribution in [0.25, 0.3) is 0 Å². The van der Waals surface area contributed by atoms with Gasteiger partial charge in [-0.15, -0.1) is 0 Å². The van der Waals surface area contributed by atoms with E-state index in [2.05, 4.69) is 0 Å². The monoisotopic (exact) mass is 630 g/mol. The summed E-state index contributed by atoms with van der Waals surface area (Å²) in [5, 5.41) is 0. The van der Waals surface area contributed by atoms with Gasteiger partial charge in [-0.2, -0.15) is 16.8 Å². The molecule has 0 fully saturated rings. The van der Waals surface area contributed by atoms with E-state index in [1.165, 1.54) is 72.8 Å². The van der Waals surface area contributed by atoms with Gasteiger partial charge in [-0.25, -0.2) is 0 Å². The van der Waals surface area contributed by atoms with Crippen molar-refractivity contribution in [3.05, 3.63) is 131 Å². The van der Waals surface area contributed by atoms with Crippen LogP contribution in [0.2, 0.25) is 0 Å². The Labute approximate surface area is 250 Å². The van der Waals surface area contributed by atoms with Crippen LogP contribution in [-0.2, 0) is 20.2 Å². The minimum Gasteiger partial charge on any atom is -0.287 e. The van der Waals surface area contributed by atoms with Gasteiger partial charge in [-0.05, 0) is 60.7 Å². The van der Waals surface area contributed by atoms with Crippen molar-refractivity contribution < 1.29 is 45.1 Å². The van der Waals surface area contributed by atoms with Crippen molar-refractivity contribution in [3.8, 4) is 0 Å². The average molecular weight is 631 g/mol. The van der Waals surface area contributed by atoms with Crippen LogP contribution in [0, 0.1) is 0 Å². The highest BCUT2D eigenvalue weighted by Gasteiger charge is 2.47. The number of anilines is 2. The largest absolute Gasteiger partial charge is 0.294 e. The summed E-state index contributed by atoms with van der Waals surface area (Å²) in [6.45, 7) is 0. The third kappa shape index (κ3) is 4.62. The molecule has 0 aliphatic carbocycles. The lowest BCUT2D eigenvalue weighted by atomic mass is 10.1. The Bertz CT molecular complexity index is 2070. The minimum atomic E-state index is -4.71. The highest BCUT2D eigenvalue weighted by Crippen LogP contribution is 2.43. The number of fused-ring (bicyclic) bond motifs is 2. The van der Waals surface area contributed by atoms with Gasteiger partial charge in [-0.3, -0.25) is 38.1 Å². The van der Waals surface area contributed by atoms with Gasteiger partial charge in [0.15, 0.2) is 0 Å². The van der Waals surface area contributed by atoms with Crippen molar-refractivity contribution in [2.24, 2.45) is 0 Å². The number of hydrogen-bond donors (Lipinski definition) is 2. The number of nitrogens with zero attached hydrogens (tertiary/aromatic N) is 2. The third-order valence-electron chi connectivity index (χ3n) is 7.04. The van der Waals surface area contributed by atoms with Crippen LogP contribution >= 0.6 is 0 Å². The molecule has 44 heavy (non-hydrogen) atoms. The normalized spacial score (nSPS) is 16.2. The first-order valence-electron chi connectivity index (χ1n) is 12.6. The maximum atomic E-state index is 14.0. The molecular formula is C30H18N2O10S2. The fourth-order valence-electron chi connectivity index (χ4n) is 5.11. The number of carbonyl (C=O) groups is 4. The van der Waals surface area contributed by atoms with E-state index in [9.17, 15) is 45.1 Å². The number of para-hydroxylation sites is 2. The molecule has 4 aromatic carbocycles. The molecule has 0 radical (unpaired) electrons. The van der Waals surface area contributed by atoms with E-state index >= 15 is 0 Å². The van der Waals surface area contributed by atoms with E-state index in [1.54, 1.807) is 0 Å². The number of benzene rings is 4. The Morgan fingerprint density at radius 1 is 0.523 bits per heavy atom. The molecule has 220 valence electrons. The summed E-state index contributed by atoms with van der Waals surface area (Å²) in [6, 6.07) is 20.7. The van der Waals surface area contributed by atoms with Crippen molar-refractivity contribution in [3.63, 3.8) is 0 Å². The lowest BCUT2D eigenvalue weighted by Crippen LogP contribution is -2.36. The van der Waals surface area contributed by atoms with Crippen molar-refractivity contribution in [1.82, 2.24) is 0 Å². The van der Waals surface area contributed by atoms with E-state index < -0.39 is 64.8 Å². The van der Waals surface area contributed by atoms with Gasteiger partial charge in [0.25, 0.3) is 32.1 Å². The number of hydrogen-bond acceptors (Lipinski definition) is 8. The molecule has 14 heteroatoms. The number of Topliss-reactive ketones (excluding diaryl/α,β-unsaturated/α-hetero) is 2. The van der Waals surface area contributed by atoms with E-state index in [-0.39, 0.29) is 33.6 Å². The number of allylic oxidation sites excluding steroid dienone is 2. The van der Waals surface area contributed by atoms with Gasteiger partial charge in [-0.1, -0.05) is 36.4 Å². The number of amides is 2. The highest BCUT2D eigenvalue weighted by molar-refractivity contribution is 7.86. The lowest BCUT2D eigenvalue weighted by Gasteiger charge is -2.24. The van der Waals surface area contributed by atoms with Crippen molar-refractivity contribution in [2.75, 3.05) is 9.80 Å². The molecule has 0 saturated carbocycles. The first kappa shape index (κ1) is 28.8. The SMILES string of the molecule is O=C1/C(=C2/C(=O)c3ccccc3N2C(=O)c2cccc(S(=O)(=O)O)c2)N(C(=O)c2cccc(S(=O)(=O)O)c2)c2ccccc21. The maximum absolute atomic E-state index is 14.0. The third-order valence-corrected chi connectivity index (χ3v) is 8.74. The van der Waals surface area contributed by atoms with Crippen LogP contribution in [0.3, 0.4) is 0 Å². The molecule has 0 unspecified atom stereocenters. The van der Waals surface area contributed by atoms with Crippen LogP contribution in [0.15, 0.2) is 118 Å². The maximum Gasteiger partial charge on any atom is 0.294 e. The van der Waals surface area contributed by atoms with E-state index in [4.69, 9.17) is 0 Å². The standard InChI is InChI=1S/C30H18N2O10S2/c33-27-21-11-1-3-13-23(21)31(29(35)17-7-5-9-19(15-17)43(37,38)39)25(27)26-28(34)22-12-2-4-14-24(22)32(26)30(36)18-8-6-10-20(16-18)44(40,41)42/h1-16H,(H,37,38,39)(H,40,41,42)/b26-25+. The molecule has 12 nitrogen and oxygen atoms in total. The minimum absolute atomic E-state index is 0.0128. The van der Waals surface area contributed by atoms with E-state index in [1.807, 2.05) is 0 Å². The summed E-state index contributed by atoms with van der Waals surface area (Å²) in [6.07, 6.45) is 0. The summed E-state index contributed by atoms with van der Waals surface area (Å²) in [5.41, 5.74) is -1.41. The molecule has 4 aromatic rings. The Hall–Kier alpha value is -5.28. The number of ketones is 2. The molecule has 0 bridgehead atoms. The van der Waals surface area contributed by atoms with E-state index in [0.717, 1.165) is 34.1 Å². The molecular weight excluding hydrogens is 612 g/mol. The second-order valence-electron chi connectivity index (χ2n) is 9.68. The molecule has 0 spiro atoms. The Balaban J connectivity index is 1.61. The second-order valence-corrected chi connectivity index (χ2v) is 12.5. The van der Waals surface area contributed by atoms with Gasteiger partial charge < -0.3 is 0 Å². The quantitative estimate of drug-likeness (QED) is 0.249. The van der Waals surface area contributed by atoms with Gasteiger partial charge >= 0.3 is 0 Å². The van der Waals surface area contributed by atoms with Crippen molar-refractivity contribution in [1.29, 1.82) is 0 Å². The first-order valence-corrected chi connectivity index (χ1v) is 15.5. The molecule has 0 aromatic heterocycles. The fraction of sp³-hybridized carbons (Fsp3) is 0. The van der Waals surface area contributed by atoms with E-state index in [0.29, 0.717) is 0 Å². The predicted molar refractivity (Wildman–Crippen MR) is 155 cm³/mol. The van der Waals surface area contributed by atoms with Crippen molar-refractivity contribution in [2.45, 2.75) is 9.79 Å².